The van der Waals surface area contributed by atoms with Crippen LogP contribution in [0.15, 0.2) is 54.3 Å². The summed E-state index contributed by atoms with van der Waals surface area (Å²) in [7, 11) is 2.20. The zero-order valence-electron chi connectivity index (χ0n) is 24.8. The van der Waals surface area contributed by atoms with E-state index in [1.165, 1.54) is 35.1 Å². The predicted octanol–water partition coefficient (Wildman–Crippen LogP) is 6.34. The summed E-state index contributed by atoms with van der Waals surface area (Å²) in [5, 5.41) is 22.7. The molecule has 1 saturated heterocycles. The molecule has 2 aromatic carbocycles. The molecule has 5 aliphatic carbocycles. The van der Waals surface area contributed by atoms with Gasteiger partial charge in [0.15, 0.2) is 0 Å². The zero-order valence-corrected chi connectivity index (χ0v) is 24.8. The van der Waals surface area contributed by atoms with E-state index in [0.717, 1.165) is 76.7 Å². The lowest BCUT2D eigenvalue weighted by atomic mass is 9.48. The van der Waals surface area contributed by atoms with Crippen LogP contribution in [0.2, 0.25) is 0 Å². The van der Waals surface area contributed by atoms with Crippen LogP contribution >= 0.6 is 0 Å². The standard InChI is InChI=1S/C36H46N2O3.2H2/c1-35-22-31(25-7-5-24(6-8-25)23-3-4-23)34-29-12-10-28(41-18-17-38-15-13-37(2)14-16-38)19-26(29)9-11-30(34)32(35)20-27-21-33(39)36(27,35)40;;/h5-8,10,12,19,21,23,27,30-32,34,39-40H,3-4,9,11,13-18,20,22H2,1-2H3;2*1H/t27?,30-,31+,32-,34?,35-,36+;;/m0../s1. The first-order valence-corrected chi connectivity index (χ1v) is 16.2. The van der Waals surface area contributed by atoms with Crippen molar-refractivity contribution in [3.63, 3.8) is 0 Å². The van der Waals surface area contributed by atoms with E-state index in [0.29, 0.717) is 23.7 Å². The normalized spacial score (nSPS) is 38.2. The number of rotatable bonds is 6. The summed E-state index contributed by atoms with van der Waals surface area (Å²) in [6, 6.07) is 16.4. The molecule has 1 heterocycles. The molecule has 2 N–H and O–H groups in total. The van der Waals surface area contributed by atoms with Crippen LogP contribution in [0.4, 0.5) is 0 Å². The maximum atomic E-state index is 11.9. The Morgan fingerprint density at radius 3 is 2.49 bits per heavy atom. The molecule has 222 valence electrons. The molecule has 6 aliphatic rings. The van der Waals surface area contributed by atoms with E-state index in [-0.39, 0.29) is 19.9 Å². The molecule has 5 nitrogen and oxygen atoms in total. The first kappa shape index (κ1) is 26.3. The zero-order chi connectivity index (χ0) is 27.9. The second kappa shape index (κ2) is 9.59. The Hall–Kier alpha value is -2.34. The minimum atomic E-state index is -1.06. The van der Waals surface area contributed by atoms with E-state index >= 15 is 0 Å². The monoisotopic (exact) mass is 558 g/mol. The van der Waals surface area contributed by atoms with Crippen LogP contribution in [0, 0.1) is 23.2 Å². The van der Waals surface area contributed by atoms with Gasteiger partial charge in [-0.05, 0) is 116 Å². The van der Waals surface area contributed by atoms with E-state index in [1.807, 2.05) is 6.08 Å². The lowest BCUT2D eigenvalue weighted by molar-refractivity contribution is -0.129. The third-order valence-corrected chi connectivity index (χ3v) is 12.4. The lowest BCUT2D eigenvalue weighted by Gasteiger charge is -2.57. The number of fused-ring (bicyclic) bond motifs is 7. The number of ether oxygens (including phenoxy) is 1. The molecule has 0 radical (unpaired) electrons. The van der Waals surface area contributed by atoms with Crippen LogP contribution in [0.5, 0.6) is 5.75 Å². The Morgan fingerprint density at radius 2 is 1.76 bits per heavy atom. The van der Waals surface area contributed by atoms with Gasteiger partial charge >= 0.3 is 0 Å². The number of aliphatic hydroxyl groups excluding tert-OH is 1. The van der Waals surface area contributed by atoms with Gasteiger partial charge in [-0.1, -0.05) is 37.3 Å². The third-order valence-electron chi connectivity index (χ3n) is 12.4. The fourth-order valence-electron chi connectivity index (χ4n) is 9.87. The minimum absolute atomic E-state index is 0. The smallest absolute Gasteiger partial charge is 0.133 e. The molecule has 7 atom stereocenters. The van der Waals surface area contributed by atoms with Gasteiger partial charge in [0.1, 0.15) is 23.7 Å². The SMILES string of the molecule is CN1CCN(CCOc2ccc3c(c2)CC[C@@H]2C3[C@@H](c3ccc(C4CC4)cc3)C[C@@]3(C)[C@H]2CC2C=C(O)[C@]23O)CC1.[HH].[HH]. The van der Waals surface area contributed by atoms with Crippen LogP contribution in [0.1, 0.15) is 81.9 Å². The van der Waals surface area contributed by atoms with Gasteiger partial charge in [-0.2, -0.15) is 0 Å². The molecule has 5 heteroatoms. The van der Waals surface area contributed by atoms with E-state index < -0.39 is 5.60 Å². The van der Waals surface area contributed by atoms with E-state index in [9.17, 15) is 10.2 Å². The number of benzene rings is 2. The number of hydrogen-bond donors (Lipinski definition) is 2. The van der Waals surface area contributed by atoms with Crippen LogP contribution in [0.25, 0.3) is 0 Å². The minimum Gasteiger partial charge on any atom is -0.510 e. The van der Waals surface area contributed by atoms with Crippen molar-refractivity contribution < 1.29 is 17.8 Å². The van der Waals surface area contributed by atoms with Gasteiger partial charge in [0, 0.05) is 46.9 Å². The number of hydrogen-bond acceptors (Lipinski definition) is 5. The first-order valence-electron chi connectivity index (χ1n) is 16.2. The van der Waals surface area contributed by atoms with Crippen molar-refractivity contribution in [2.24, 2.45) is 23.2 Å². The highest BCUT2D eigenvalue weighted by Gasteiger charge is 2.71. The molecule has 8 rings (SSSR count). The summed E-state index contributed by atoms with van der Waals surface area (Å²) in [5.74, 6) is 3.76. The van der Waals surface area contributed by atoms with Crippen LogP contribution in [-0.2, 0) is 6.42 Å². The van der Waals surface area contributed by atoms with Crippen LogP contribution in [-0.4, -0.2) is 72.0 Å². The Kier molecular flexibility index (Phi) is 6.15. The summed E-state index contributed by atoms with van der Waals surface area (Å²) in [6.45, 7) is 8.54. The molecule has 0 spiro atoms. The molecular weight excluding hydrogens is 508 g/mol. The average Bonchev–Trinajstić information content (AvgIpc) is 3.81. The van der Waals surface area contributed by atoms with Gasteiger partial charge in [-0.25, -0.2) is 0 Å². The van der Waals surface area contributed by atoms with Gasteiger partial charge in [0.05, 0.1) is 0 Å². The highest BCUT2D eigenvalue weighted by molar-refractivity contribution is 5.46. The topological polar surface area (TPSA) is 56.2 Å². The fraction of sp³-hybridized carbons (Fsp3) is 0.611. The number of nitrogens with zero attached hydrogens (tertiary/aromatic N) is 2. The summed E-state index contributed by atoms with van der Waals surface area (Å²) in [5.41, 5.74) is 4.46. The van der Waals surface area contributed by atoms with Crippen LogP contribution in [0.3, 0.4) is 0 Å². The van der Waals surface area contributed by atoms with Crippen LogP contribution < -0.4 is 4.74 Å². The number of aryl methyl sites for hydroxylation is 1. The predicted molar refractivity (Wildman–Crippen MR) is 166 cm³/mol. The molecule has 1 aliphatic heterocycles. The molecule has 0 bridgehead atoms. The molecule has 2 aromatic rings. The van der Waals surface area contributed by atoms with Gasteiger partial charge in [-0.3, -0.25) is 4.90 Å². The van der Waals surface area contributed by atoms with Crippen molar-refractivity contribution in [1.82, 2.24) is 9.80 Å². The lowest BCUT2D eigenvalue weighted by Crippen LogP contribution is -2.58. The van der Waals surface area contributed by atoms with Crippen molar-refractivity contribution in [1.29, 1.82) is 0 Å². The number of piperazine rings is 1. The Balaban J connectivity index is 0.00000165. The second-order valence-electron chi connectivity index (χ2n) is 14.5. The Morgan fingerprint density at radius 1 is 1.00 bits per heavy atom. The first-order chi connectivity index (χ1) is 19.8. The summed E-state index contributed by atoms with van der Waals surface area (Å²) in [4.78, 5) is 4.91. The summed E-state index contributed by atoms with van der Waals surface area (Å²) >= 11 is 0. The van der Waals surface area contributed by atoms with Gasteiger partial charge in [0.25, 0.3) is 0 Å². The summed E-state index contributed by atoms with van der Waals surface area (Å²) < 4.78 is 6.31. The Bertz CT molecular complexity index is 1350. The quantitative estimate of drug-likeness (QED) is 0.433. The van der Waals surface area contributed by atoms with Crippen molar-refractivity contribution in [3.8, 4) is 5.75 Å². The second-order valence-corrected chi connectivity index (χ2v) is 14.5. The number of aliphatic hydroxyl groups is 2. The van der Waals surface area contributed by atoms with Crippen molar-refractivity contribution in [3.05, 3.63) is 76.6 Å². The largest absolute Gasteiger partial charge is 0.510 e. The summed E-state index contributed by atoms with van der Waals surface area (Å²) in [6.07, 6.45) is 8.68. The molecule has 0 aromatic heterocycles. The molecule has 2 unspecified atom stereocenters. The molecule has 0 amide bonds. The van der Waals surface area contributed by atoms with E-state index in [2.05, 4.69) is 66.2 Å². The molecule has 4 fully saturated rings. The maximum absolute atomic E-state index is 11.9. The highest BCUT2D eigenvalue weighted by Crippen LogP contribution is 2.72. The van der Waals surface area contributed by atoms with E-state index in [1.54, 1.807) is 0 Å². The molecule has 3 saturated carbocycles. The number of likely N-dealkylation sites (N-methyl/N-ethyl adjacent to an activating group) is 1. The van der Waals surface area contributed by atoms with Gasteiger partial charge < -0.3 is 19.8 Å². The van der Waals surface area contributed by atoms with Crippen molar-refractivity contribution in [2.45, 2.75) is 68.8 Å². The van der Waals surface area contributed by atoms with Crippen molar-refractivity contribution in [2.75, 3.05) is 46.4 Å². The van der Waals surface area contributed by atoms with Gasteiger partial charge in [0.2, 0.25) is 0 Å². The molecule has 41 heavy (non-hydrogen) atoms. The van der Waals surface area contributed by atoms with Crippen molar-refractivity contribution >= 4 is 0 Å². The Labute approximate surface area is 248 Å². The molecular formula is C36H50N2O3. The fourth-order valence-corrected chi connectivity index (χ4v) is 9.87. The van der Waals surface area contributed by atoms with E-state index in [4.69, 9.17) is 4.74 Å². The highest BCUT2D eigenvalue weighted by atomic mass is 16.5. The van der Waals surface area contributed by atoms with Gasteiger partial charge in [-0.15, -0.1) is 0 Å². The maximum Gasteiger partial charge on any atom is 0.133 e. The third kappa shape index (κ3) is 4.06. The average molecular weight is 559 g/mol.